The van der Waals surface area contributed by atoms with Crippen LogP contribution in [0.15, 0.2) is 24.3 Å². The first-order chi connectivity index (χ1) is 9.80. The maximum absolute atomic E-state index is 12.5. The van der Waals surface area contributed by atoms with Crippen molar-refractivity contribution < 1.29 is 13.2 Å². The highest BCUT2D eigenvalue weighted by molar-refractivity contribution is 7.92. The summed E-state index contributed by atoms with van der Waals surface area (Å²) in [7, 11) is -3.52. The Labute approximate surface area is 126 Å². The van der Waals surface area contributed by atoms with Crippen molar-refractivity contribution in [3.8, 4) is 0 Å². The average Bonchev–Trinajstić information content (AvgIpc) is 2.92. The zero-order chi connectivity index (χ0) is 15.6. The molecule has 1 aromatic carbocycles. The number of sulfonamides is 1. The summed E-state index contributed by atoms with van der Waals surface area (Å²) in [6.45, 7) is 5.03. The van der Waals surface area contributed by atoms with Gasteiger partial charge in [0.2, 0.25) is 15.9 Å². The van der Waals surface area contributed by atoms with Crippen molar-refractivity contribution in [2.75, 3.05) is 23.7 Å². The van der Waals surface area contributed by atoms with Crippen molar-refractivity contribution in [2.45, 2.75) is 32.7 Å². The van der Waals surface area contributed by atoms with Crippen molar-refractivity contribution in [3.05, 3.63) is 29.8 Å². The molecule has 0 spiro atoms. The van der Waals surface area contributed by atoms with Crippen LogP contribution < -0.4 is 4.31 Å². The van der Waals surface area contributed by atoms with Crippen LogP contribution in [0.3, 0.4) is 0 Å². The predicted molar refractivity (Wildman–Crippen MR) is 83.8 cm³/mol. The van der Waals surface area contributed by atoms with Crippen LogP contribution in [-0.2, 0) is 14.8 Å². The van der Waals surface area contributed by atoms with Gasteiger partial charge in [0.25, 0.3) is 0 Å². The molecular formula is C15H22N2O3S. The second kappa shape index (κ2) is 6.05. The summed E-state index contributed by atoms with van der Waals surface area (Å²) in [6, 6.07) is 6.45. The summed E-state index contributed by atoms with van der Waals surface area (Å²) < 4.78 is 25.5. The highest BCUT2D eigenvalue weighted by Crippen LogP contribution is 2.23. The number of likely N-dealkylation sites (tertiary alicyclic amines) is 1. The molecule has 0 saturated carbocycles. The molecule has 0 unspecified atom stereocenters. The molecule has 1 saturated heterocycles. The third-order valence-electron chi connectivity index (χ3n) is 3.77. The van der Waals surface area contributed by atoms with E-state index >= 15 is 0 Å². The number of amides is 1. The first kappa shape index (κ1) is 15.8. The largest absolute Gasteiger partial charge is 0.341 e. The van der Waals surface area contributed by atoms with Crippen LogP contribution in [-0.4, -0.2) is 44.6 Å². The Morgan fingerprint density at radius 1 is 1.19 bits per heavy atom. The molecule has 1 aromatic rings. The third kappa shape index (κ3) is 3.56. The molecule has 21 heavy (non-hydrogen) atoms. The van der Waals surface area contributed by atoms with Crippen LogP contribution in [0.1, 0.15) is 25.3 Å². The second-order valence-electron chi connectivity index (χ2n) is 5.60. The van der Waals surface area contributed by atoms with Crippen LogP contribution in [0, 0.1) is 6.92 Å². The summed E-state index contributed by atoms with van der Waals surface area (Å²) in [5, 5.41) is 0. The minimum atomic E-state index is -3.52. The van der Waals surface area contributed by atoms with Gasteiger partial charge in [0.15, 0.2) is 0 Å². The van der Waals surface area contributed by atoms with Crippen LogP contribution in [0.5, 0.6) is 0 Å². The summed E-state index contributed by atoms with van der Waals surface area (Å²) in [5.74, 6) is -0.126. The number of carbonyl (C=O) groups excluding carboxylic acids is 1. The first-order valence-electron chi connectivity index (χ1n) is 7.15. The van der Waals surface area contributed by atoms with Crippen molar-refractivity contribution >= 4 is 21.6 Å². The van der Waals surface area contributed by atoms with Gasteiger partial charge in [-0.2, -0.15) is 0 Å². The number of nitrogens with zero attached hydrogens (tertiary/aromatic N) is 2. The van der Waals surface area contributed by atoms with Gasteiger partial charge < -0.3 is 4.90 Å². The number of hydrogen-bond donors (Lipinski definition) is 0. The van der Waals surface area contributed by atoms with Gasteiger partial charge in [-0.3, -0.25) is 9.10 Å². The lowest BCUT2D eigenvalue weighted by Crippen LogP contribution is -2.48. The SMILES string of the molecule is Cc1ccc(N([C@@H](C)C(=O)N2CCCC2)S(C)(=O)=O)cc1. The Morgan fingerprint density at radius 3 is 2.19 bits per heavy atom. The molecule has 0 bridgehead atoms. The van der Waals surface area contributed by atoms with E-state index in [-0.39, 0.29) is 5.91 Å². The predicted octanol–water partition coefficient (Wildman–Crippen LogP) is 1.77. The maximum atomic E-state index is 12.5. The smallest absolute Gasteiger partial charge is 0.246 e. The molecule has 0 N–H and O–H groups in total. The van der Waals surface area contributed by atoms with Crippen molar-refractivity contribution in [1.82, 2.24) is 4.90 Å². The number of anilines is 1. The third-order valence-corrected chi connectivity index (χ3v) is 5.01. The molecule has 1 atom stereocenters. The van der Waals surface area contributed by atoms with E-state index in [2.05, 4.69) is 0 Å². The normalized spacial score (nSPS) is 16.8. The van der Waals surface area contributed by atoms with E-state index in [1.165, 1.54) is 4.31 Å². The van der Waals surface area contributed by atoms with Gasteiger partial charge in [-0.15, -0.1) is 0 Å². The van der Waals surface area contributed by atoms with Gasteiger partial charge >= 0.3 is 0 Å². The monoisotopic (exact) mass is 310 g/mol. The fourth-order valence-electron chi connectivity index (χ4n) is 2.70. The summed E-state index contributed by atoms with van der Waals surface area (Å²) in [6.07, 6.45) is 3.12. The van der Waals surface area contributed by atoms with E-state index in [4.69, 9.17) is 0 Å². The fourth-order valence-corrected chi connectivity index (χ4v) is 3.87. The molecule has 1 heterocycles. The highest BCUT2D eigenvalue weighted by atomic mass is 32.2. The lowest BCUT2D eigenvalue weighted by atomic mass is 10.2. The molecule has 1 amide bonds. The fraction of sp³-hybridized carbons (Fsp3) is 0.533. The lowest BCUT2D eigenvalue weighted by Gasteiger charge is -2.31. The van der Waals surface area contributed by atoms with Crippen molar-refractivity contribution in [2.24, 2.45) is 0 Å². The summed E-state index contributed by atoms with van der Waals surface area (Å²) in [4.78, 5) is 14.2. The molecule has 1 aliphatic heterocycles. The van der Waals surface area contributed by atoms with E-state index in [1.807, 2.05) is 19.1 Å². The van der Waals surface area contributed by atoms with Gasteiger partial charge in [0, 0.05) is 13.1 Å². The van der Waals surface area contributed by atoms with E-state index in [9.17, 15) is 13.2 Å². The minimum absolute atomic E-state index is 0.126. The molecular weight excluding hydrogens is 288 g/mol. The Balaban J connectivity index is 2.32. The summed E-state index contributed by atoms with van der Waals surface area (Å²) in [5.41, 5.74) is 1.58. The Hall–Kier alpha value is -1.56. The van der Waals surface area contributed by atoms with E-state index in [1.54, 1.807) is 24.0 Å². The standard InChI is InChI=1S/C15H22N2O3S/c1-12-6-8-14(9-7-12)17(21(3,19)20)13(2)15(18)16-10-4-5-11-16/h6-9,13H,4-5,10-11H2,1-3H3/t13-/m0/s1. The van der Waals surface area contributed by atoms with Gasteiger partial charge in [-0.05, 0) is 38.8 Å². The van der Waals surface area contributed by atoms with Crippen LogP contribution >= 0.6 is 0 Å². The van der Waals surface area contributed by atoms with Crippen LogP contribution in [0.2, 0.25) is 0 Å². The molecule has 2 rings (SSSR count). The highest BCUT2D eigenvalue weighted by Gasteiger charge is 2.32. The number of rotatable bonds is 4. The molecule has 0 radical (unpaired) electrons. The Bertz CT molecular complexity index is 604. The number of aryl methyl sites for hydroxylation is 1. The van der Waals surface area contributed by atoms with Crippen molar-refractivity contribution in [3.63, 3.8) is 0 Å². The van der Waals surface area contributed by atoms with E-state index in [0.29, 0.717) is 18.8 Å². The summed E-state index contributed by atoms with van der Waals surface area (Å²) >= 11 is 0. The van der Waals surface area contributed by atoms with Crippen LogP contribution in [0.25, 0.3) is 0 Å². The molecule has 0 aromatic heterocycles. The van der Waals surface area contributed by atoms with Gasteiger partial charge in [0.05, 0.1) is 11.9 Å². The number of carbonyl (C=O) groups is 1. The minimum Gasteiger partial charge on any atom is -0.341 e. The van der Waals surface area contributed by atoms with Gasteiger partial charge in [-0.25, -0.2) is 8.42 Å². The van der Waals surface area contributed by atoms with E-state index in [0.717, 1.165) is 24.7 Å². The zero-order valence-corrected chi connectivity index (χ0v) is 13.6. The molecule has 116 valence electrons. The van der Waals surface area contributed by atoms with Crippen molar-refractivity contribution in [1.29, 1.82) is 0 Å². The average molecular weight is 310 g/mol. The molecule has 0 aliphatic carbocycles. The maximum Gasteiger partial charge on any atom is 0.246 e. The van der Waals surface area contributed by atoms with Gasteiger partial charge in [0.1, 0.15) is 6.04 Å². The molecule has 6 heteroatoms. The van der Waals surface area contributed by atoms with Gasteiger partial charge in [-0.1, -0.05) is 17.7 Å². The Kier molecular flexibility index (Phi) is 4.56. The zero-order valence-electron chi connectivity index (χ0n) is 12.7. The number of benzene rings is 1. The van der Waals surface area contributed by atoms with Crippen LogP contribution in [0.4, 0.5) is 5.69 Å². The first-order valence-corrected chi connectivity index (χ1v) is 9.00. The quantitative estimate of drug-likeness (QED) is 0.851. The second-order valence-corrected chi connectivity index (χ2v) is 7.46. The van der Waals surface area contributed by atoms with E-state index < -0.39 is 16.1 Å². The number of hydrogen-bond acceptors (Lipinski definition) is 3. The topological polar surface area (TPSA) is 57.7 Å². The lowest BCUT2D eigenvalue weighted by molar-refractivity contribution is -0.130. The molecule has 1 fully saturated rings. The Morgan fingerprint density at radius 2 is 1.71 bits per heavy atom. The molecule has 5 nitrogen and oxygen atoms in total. The molecule has 1 aliphatic rings.